The van der Waals surface area contributed by atoms with E-state index >= 15 is 0 Å². The topological polar surface area (TPSA) is 76.1 Å². The van der Waals surface area contributed by atoms with Crippen LogP contribution in [0.25, 0.3) is 6.08 Å². The molecule has 22 heavy (non-hydrogen) atoms. The van der Waals surface area contributed by atoms with Gasteiger partial charge in [0.1, 0.15) is 0 Å². The minimum Gasteiger partial charge on any atom is -0.322 e. The highest BCUT2D eigenvalue weighted by Gasteiger charge is 2.09. The zero-order valence-electron chi connectivity index (χ0n) is 12.3. The van der Waals surface area contributed by atoms with Crippen molar-refractivity contribution in [3.63, 3.8) is 0 Å². The summed E-state index contributed by atoms with van der Waals surface area (Å²) in [6, 6.07) is 8.22. The molecule has 0 unspecified atom stereocenters. The average Bonchev–Trinajstić information content (AvgIpc) is 2.47. The van der Waals surface area contributed by atoms with E-state index in [-0.39, 0.29) is 10.8 Å². The van der Waals surface area contributed by atoms with E-state index in [1.165, 1.54) is 18.2 Å². The number of carbonyl (C=O) groups excluding carboxylic acids is 1. The molecule has 1 aromatic heterocycles. The third-order valence-corrected chi connectivity index (χ3v) is 4.11. The Balaban J connectivity index is 2.11. The Morgan fingerprint density at radius 2 is 2.05 bits per heavy atom. The van der Waals surface area contributed by atoms with Gasteiger partial charge in [0.05, 0.1) is 4.90 Å². The van der Waals surface area contributed by atoms with Crippen molar-refractivity contribution < 1.29 is 13.2 Å². The van der Waals surface area contributed by atoms with Crippen LogP contribution in [0.4, 0.5) is 5.69 Å². The van der Waals surface area contributed by atoms with Crippen LogP contribution >= 0.6 is 0 Å². The number of carbonyl (C=O) groups is 1. The van der Waals surface area contributed by atoms with E-state index in [9.17, 15) is 13.2 Å². The van der Waals surface area contributed by atoms with Gasteiger partial charge in [-0.25, -0.2) is 8.42 Å². The van der Waals surface area contributed by atoms with E-state index in [0.29, 0.717) is 11.3 Å². The number of hydrogen-bond acceptors (Lipinski definition) is 4. The van der Waals surface area contributed by atoms with Crippen molar-refractivity contribution in [2.45, 2.75) is 11.8 Å². The number of aryl methyl sites for hydroxylation is 1. The van der Waals surface area contributed by atoms with Gasteiger partial charge < -0.3 is 5.32 Å². The van der Waals surface area contributed by atoms with Crippen molar-refractivity contribution in [3.8, 4) is 0 Å². The number of amides is 1. The maximum Gasteiger partial charge on any atom is 0.248 e. The molecule has 0 saturated heterocycles. The Kier molecular flexibility index (Phi) is 4.72. The molecule has 1 N–H and O–H groups in total. The monoisotopic (exact) mass is 316 g/mol. The molecule has 0 spiro atoms. The summed E-state index contributed by atoms with van der Waals surface area (Å²) >= 11 is 0. The van der Waals surface area contributed by atoms with Crippen LogP contribution in [0.2, 0.25) is 0 Å². The van der Waals surface area contributed by atoms with Crippen LogP contribution in [0.15, 0.2) is 53.7 Å². The molecule has 0 fully saturated rings. The van der Waals surface area contributed by atoms with Crippen molar-refractivity contribution in [2.75, 3.05) is 11.6 Å². The first-order chi connectivity index (χ1) is 10.4. The highest BCUT2D eigenvalue weighted by Crippen LogP contribution is 2.19. The van der Waals surface area contributed by atoms with Crippen molar-refractivity contribution in [1.29, 1.82) is 0 Å². The van der Waals surface area contributed by atoms with Crippen molar-refractivity contribution in [3.05, 3.63) is 59.9 Å². The number of nitrogens with one attached hydrogen (secondary N) is 1. The molecule has 1 heterocycles. The quantitative estimate of drug-likeness (QED) is 0.879. The Bertz CT molecular complexity index is 813. The van der Waals surface area contributed by atoms with Crippen LogP contribution < -0.4 is 5.32 Å². The van der Waals surface area contributed by atoms with Gasteiger partial charge in [0.2, 0.25) is 5.91 Å². The highest BCUT2D eigenvalue weighted by molar-refractivity contribution is 7.90. The molecule has 0 radical (unpaired) electrons. The summed E-state index contributed by atoms with van der Waals surface area (Å²) < 4.78 is 22.9. The van der Waals surface area contributed by atoms with Gasteiger partial charge in [-0.3, -0.25) is 9.78 Å². The van der Waals surface area contributed by atoms with Crippen LogP contribution in [0, 0.1) is 6.92 Å². The summed E-state index contributed by atoms with van der Waals surface area (Å²) in [5, 5.41) is 2.72. The second kappa shape index (κ2) is 6.53. The first kappa shape index (κ1) is 15.9. The number of rotatable bonds is 4. The van der Waals surface area contributed by atoms with Crippen LogP contribution in [-0.4, -0.2) is 25.6 Å². The predicted octanol–water partition coefficient (Wildman–Crippen LogP) is 2.45. The van der Waals surface area contributed by atoms with Gasteiger partial charge >= 0.3 is 0 Å². The molecule has 2 rings (SSSR count). The zero-order valence-corrected chi connectivity index (χ0v) is 13.1. The van der Waals surface area contributed by atoms with Crippen LogP contribution in [0.1, 0.15) is 11.1 Å². The standard InChI is InChI=1S/C16H16N2O3S/c1-12-10-14(22(2,20)21)6-7-15(12)18-16(19)8-5-13-4-3-9-17-11-13/h3-11H,1-2H3,(H,18,19). The maximum absolute atomic E-state index is 11.9. The lowest BCUT2D eigenvalue weighted by atomic mass is 10.2. The number of hydrogen-bond donors (Lipinski definition) is 1. The van der Waals surface area contributed by atoms with E-state index in [2.05, 4.69) is 10.3 Å². The van der Waals surface area contributed by atoms with Gasteiger partial charge in [-0.1, -0.05) is 6.07 Å². The summed E-state index contributed by atoms with van der Waals surface area (Å²) in [6.45, 7) is 1.75. The van der Waals surface area contributed by atoms with E-state index in [1.54, 1.807) is 37.5 Å². The summed E-state index contributed by atoms with van der Waals surface area (Å²) in [6.07, 6.45) is 7.51. The largest absolute Gasteiger partial charge is 0.322 e. The number of benzene rings is 1. The number of anilines is 1. The van der Waals surface area contributed by atoms with Gasteiger partial charge in [-0.05, 0) is 48.4 Å². The van der Waals surface area contributed by atoms with Crippen LogP contribution in [0.5, 0.6) is 0 Å². The molecule has 6 heteroatoms. The SMILES string of the molecule is Cc1cc(S(C)(=O)=O)ccc1NC(=O)C=Cc1cccnc1. The molecule has 0 aliphatic rings. The van der Waals surface area contributed by atoms with E-state index in [1.807, 2.05) is 6.07 Å². The molecule has 114 valence electrons. The first-order valence-corrected chi connectivity index (χ1v) is 8.45. The fraction of sp³-hybridized carbons (Fsp3) is 0.125. The average molecular weight is 316 g/mol. The van der Waals surface area contributed by atoms with Gasteiger partial charge in [0.15, 0.2) is 9.84 Å². The van der Waals surface area contributed by atoms with Crippen molar-refractivity contribution in [2.24, 2.45) is 0 Å². The van der Waals surface area contributed by atoms with E-state index in [4.69, 9.17) is 0 Å². The minimum absolute atomic E-state index is 0.230. The molecule has 0 atom stereocenters. The Morgan fingerprint density at radius 1 is 1.27 bits per heavy atom. The molecule has 1 aromatic carbocycles. The predicted molar refractivity (Wildman–Crippen MR) is 86.2 cm³/mol. The van der Waals surface area contributed by atoms with Crippen LogP contribution in [0.3, 0.4) is 0 Å². The fourth-order valence-electron chi connectivity index (χ4n) is 1.83. The van der Waals surface area contributed by atoms with Crippen molar-refractivity contribution >= 4 is 27.5 Å². The second-order valence-corrected chi connectivity index (χ2v) is 6.87. The Labute approximate surface area is 129 Å². The Morgan fingerprint density at radius 3 is 2.64 bits per heavy atom. The lowest BCUT2D eigenvalue weighted by Crippen LogP contribution is -2.09. The Hall–Kier alpha value is -2.47. The highest BCUT2D eigenvalue weighted by atomic mass is 32.2. The smallest absolute Gasteiger partial charge is 0.248 e. The molecular weight excluding hydrogens is 300 g/mol. The molecule has 2 aromatic rings. The normalized spacial score (nSPS) is 11.5. The van der Waals surface area contributed by atoms with Gasteiger partial charge in [0, 0.05) is 30.4 Å². The minimum atomic E-state index is -3.25. The maximum atomic E-state index is 11.9. The fourth-order valence-corrected chi connectivity index (χ4v) is 2.53. The van der Waals surface area contributed by atoms with Gasteiger partial charge in [-0.15, -0.1) is 0 Å². The lowest BCUT2D eigenvalue weighted by Gasteiger charge is -2.08. The summed E-state index contributed by atoms with van der Waals surface area (Å²) in [4.78, 5) is 16.1. The van der Waals surface area contributed by atoms with Gasteiger partial charge in [-0.2, -0.15) is 0 Å². The first-order valence-electron chi connectivity index (χ1n) is 6.56. The summed E-state index contributed by atoms with van der Waals surface area (Å²) in [7, 11) is -3.25. The number of nitrogens with zero attached hydrogens (tertiary/aromatic N) is 1. The third kappa shape index (κ3) is 4.26. The molecule has 0 aliphatic carbocycles. The van der Waals surface area contributed by atoms with Gasteiger partial charge in [0.25, 0.3) is 0 Å². The lowest BCUT2D eigenvalue weighted by molar-refractivity contribution is -0.111. The number of aromatic nitrogens is 1. The summed E-state index contributed by atoms with van der Waals surface area (Å²) in [5.74, 6) is -0.293. The molecule has 0 saturated carbocycles. The van der Waals surface area contributed by atoms with E-state index < -0.39 is 9.84 Å². The summed E-state index contributed by atoms with van der Waals surface area (Å²) in [5.41, 5.74) is 2.08. The molecule has 0 aliphatic heterocycles. The molecule has 0 bridgehead atoms. The number of sulfone groups is 1. The zero-order chi connectivity index (χ0) is 16.2. The van der Waals surface area contributed by atoms with Crippen LogP contribution in [-0.2, 0) is 14.6 Å². The molecule has 5 nitrogen and oxygen atoms in total. The number of pyridine rings is 1. The van der Waals surface area contributed by atoms with E-state index in [0.717, 1.165) is 11.8 Å². The third-order valence-electron chi connectivity index (χ3n) is 3.00. The molecular formula is C16H16N2O3S. The molecule has 1 amide bonds. The second-order valence-electron chi connectivity index (χ2n) is 4.86. The van der Waals surface area contributed by atoms with Crippen molar-refractivity contribution in [1.82, 2.24) is 4.98 Å².